The van der Waals surface area contributed by atoms with Gasteiger partial charge in [0.15, 0.2) is 0 Å². The number of ether oxygens (including phenoxy) is 2. The topological polar surface area (TPSA) is 79.3 Å². The van der Waals surface area contributed by atoms with E-state index in [0.29, 0.717) is 12.2 Å². The molecule has 0 unspecified atom stereocenters. The quantitative estimate of drug-likeness (QED) is 0.381. The number of aliphatic hydroxyl groups is 2. The fourth-order valence-corrected chi connectivity index (χ4v) is 4.82. The summed E-state index contributed by atoms with van der Waals surface area (Å²) in [5.41, 5.74) is -0.884. The molecule has 0 radical (unpaired) electrons. The summed E-state index contributed by atoms with van der Waals surface area (Å²) in [7, 11) is 0. The number of fused-ring (bicyclic) bond motifs is 4. The SMILES string of the molecule is C=C1C(=O)O[C@H]2[C@H]1[C@@H](O)C[C@@](C)(O)[C@@H]1CC[C@]3(CO3)[C@H]21. The van der Waals surface area contributed by atoms with Gasteiger partial charge in [0.05, 0.1) is 29.8 Å². The van der Waals surface area contributed by atoms with Crippen LogP contribution in [0.25, 0.3) is 0 Å². The molecular formula is C15H20O5. The van der Waals surface area contributed by atoms with Crippen LogP contribution in [0.15, 0.2) is 12.2 Å². The van der Waals surface area contributed by atoms with Gasteiger partial charge in [-0.1, -0.05) is 6.58 Å². The molecule has 5 heteroatoms. The first-order valence-corrected chi connectivity index (χ1v) is 7.30. The molecule has 2 aliphatic heterocycles. The maximum atomic E-state index is 11.8. The molecule has 1 spiro atoms. The Hall–Kier alpha value is -0.910. The van der Waals surface area contributed by atoms with Crippen molar-refractivity contribution in [3.05, 3.63) is 12.2 Å². The predicted molar refractivity (Wildman–Crippen MR) is 68.7 cm³/mol. The molecule has 20 heavy (non-hydrogen) atoms. The molecule has 4 aliphatic rings. The average Bonchev–Trinajstić information content (AvgIpc) is 2.92. The summed E-state index contributed by atoms with van der Waals surface area (Å²) in [5, 5.41) is 21.2. The smallest absolute Gasteiger partial charge is 0.334 e. The summed E-state index contributed by atoms with van der Waals surface area (Å²) in [6.07, 6.45) is 0.782. The minimum atomic E-state index is -0.962. The lowest BCUT2D eigenvalue weighted by atomic mass is 9.76. The lowest BCUT2D eigenvalue weighted by molar-refractivity contribution is -0.144. The van der Waals surface area contributed by atoms with Crippen LogP contribution in [0, 0.1) is 17.8 Å². The molecule has 4 fully saturated rings. The second-order valence-electron chi connectivity index (χ2n) is 7.07. The molecule has 0 amide bonds. The summed E-state index contributed by atoms with van der Waals surface area (Å²) in [6.45, 7) is 6.22. The van der Waals surface area contributed by atoms with Crippen molar-refractivity contribution in [2.75, 3.05) is 6.61 Å². The van der Waals surface area contributed by atoms with E-state index < -0.39 is 29.7 Å². The number of esters is 1. The molecule has 4 rings (SSSR count). The summed E-state index contributed by atoms with van der Waals surface area (Å²) in [6, 6.07) is 0. The highest BCUT2D eigenvalue weighted by Crippen LogP contribution is 2.60. The van der Waals surface area contributed by atoms with Crippen LogP contribution in [-0.2, 0) is 14.3 Å². The van der Waals surface area contributed by atoms with E-state index in [-0.39, 0.29) is 23.9 Å². The van der Waals surface area contributed by atoms with Crippen LogP contribution in [0.4, 0.5) is 0 Å². The van der Waals surface area contributed by atoms with Crippen molar-refractivity contribution in [2.24, 2.45) is 17.8 Å². The van der Waals surface area contributed by atoms with Crippen molar-refractivity contribution in [1.82, 2.24) is 0 Å². The Kier molecular flexibility index (Phi) is 2.33. The Morgan fingerprint density at radius 1 is 1.45 bits per heavy atom. The second kappa shape index (κ2) is 3.64. The van der Waals surface area contributed by atoms with Crippen LogP contribution < -0.4 is 0 Å². The van der Waals surface area contributed by atoms with Crippen molar-refractivity contribution in [3.8, 4) is 0 Å². The van der Waals surface area contributed by atoms with E-state index in [1.54, 1.807) is 6.92 Å². The molecule has 2 saturated heterocycles. The van der Waals surface area contributed by atoms with Gasteiger partial charge < -0.3 is 19.7 Å². The third kappa shape index (κ3) is 1.46. The minimum Gasteiger partial charge on any atom is -0.458 e. The number of rotatable bonds is 0. The van der Waals surface area contributed by atoms with E-state index in [4.69, 9.17) is 9.47 Å². The molecule has 5 nitrogen and oxygen atoms in total. The molecular weight excluding hydrogens is 260 g/mol. The van der Waals surface area contributed by atoms with Gasteiger partial charge in [-0.25, -0.2) is 4.79 Å². The summed E-state index contributed by atoms with van der Waals surface area (Å²) in [5.74, 6) is -0.874. The zero-order valence-electron chi connectivity index (χ0n) is 11.5. The van der Waals surface area contributed by atoms with Crippen LogP contribution in [0.5, 0.6) is 0 Å². The predicted octanol–water partition coefficient (Wildman–Crippen LogP) is 0.395. The summed E-state index contributed by atoms with van der Waals surface area (Å²) >= 11 is 0. The number of aliphatic hydroxyl groups excluding tert-OH is 1. The van der Waals surface area contributed by atoms with Gasteiger partial charge in [-0.3, -0.25) is 0 Å². The van der Waals surface area contributed by atoms with E-state index in [9.17, 15) is 15.0 Å². The number of carbonyl (C=O) groups excluding carboxylic acids is 1. The van der Waals surface area contributed by atoms with E-state index in [1.807, 2.05) is 0 Å². The fraction of sp³-hybridized carbons (Fsp3) is 0.800. The summed E-state index contributed by atoms with van der Waals surface area (Å²) < 4.78 is 11.2. The zero-order chi connectivity index (χ0) is 14.3. The van der Waals surface area contributed by atoms with Crippen LogP contribution in [0.1, 0.15) is 26.2 Å². The number of hydrogen-bond donors (Lipinski definition) is 2. The zero-order valence-corrected chi connectivity index (χ0v) is 11.5. The van der Waals surface area contributed by atoms with Crippen LogP contribution in [0.2, 0.25) is 0 Å². The Balaban J connectivity index is 1.81. The average molecular weight is 280 g/mol. The molecule has 2 saturated carbocycles. The first kappa shape index (κ1) is 12.8. The third-order valence-electron chi connectivity index (χ3n) is 5.89. The Bertz CT molecular complexity index is 492. The van der Waals surface area contributed by atoms with E-state index in [0.717, 1.165) is 12.8 Å². The van der Waals surface area contributed by atoms with Crippen LogP contribution in [-0.4, -0.2) is 46.2 Å². The lowest BCUT2D eigenvalue weighted by Crippen LogP contribution is -2.43. The van der Waals surface area contributed by atoms with E-state index in [1.165, 1.54) is 0 Å². The van der Waals surface area contributed by atoms with Gasteiger partial charge in [-0.15, -0.1) is 0 Å². The maximum Gasteiger partial charge on any atom is 0.334 e. The largest absolute Gasteiger partial charge is 0.458 e. The highest BCUT2D eigenvalue weighted by molar-refractivity contribution is 5.91. The highest BCUT2D eigenvalue weighted by atomic mass is 16.6. The Labute approximate surface area is 117 Å². The Morgan fingerprint density at radius 2 is 2.15 bits per heavy atom. The van der Waals surface area contributed by atoms with Gasteiger partial charge in [0.1, 0.15) is 6.10 Å². The molecule has 2 heterocycles. The molecule has 0 aromatic heterocycles. The maximum absolute atomic E-state index is 11.8. The third-order valence-corrected chi connectivity index (χ3v) is 5.89. The number of epoxide rings is 1. The highest BCUT2D eigenvalue weighted by Gasteiger charge is 2.69. The van der Waals surface area contributed by atoms with Crippen molar-refractivity contribution in [1.29, 1.82) is 0 Å². The molecule has 2 aliphatic carbocycles. The summed E-state index contributed by atoms with van der Waals surface area (Å²) in [4.78, 5) is 11.8. The monoisotopic (exact) mass is 280 g/mol. The molecule has 2 N–H and O–H groups in total. The molecule has 0 bridgehead atoms. The normalized spacial score (nSPS) is 57.2. The van der Waals surface area contributed by atoms with Crippen molar-refractivity contribution in [3.63, 3.8) is 0 Å². The van der Waals surface area contributed by atoms with Gasteiger partial charge in [0.2, 0.25) is 0 Å². The fourth-order valence-electron chi connectivity index (χ4n) is 4.82. The standard InChI is InChI=1S/C15H20O5/c1-7-10-9(16)5-14(2,18)8-3-4-15(6-19-15)11(8)12(10)20-13(7)17/h8-12,16,18H,1,3-6H2,2H3/t8-,9+,10-,11+,12+,14-,15+/m1/s1. The number of hydrogen-bond acceptors (Lipinski definition) is 5. The van der Waals surface area contributed by atoms with E-state index in [2.05, 4.69) is 6.58 Å². The van der Waals surface area contributed by atoms with Gasteiger partial charge in [-0.05, 0) is 25.7 Å². The molecule has 7 atom stereocenters. The van der Waals surface area contributed by atoms with Crippen LogP contribution in [0.3, 0.4) is 0 Å². The minimum absolute atomic E-state index is 0.00616. The van der Waals surface area contributed by atoms with Crippen molar-refractivity contribution in [2.45, 2.75) is 49.6 Å². The van der Waals surface area contributed by atoms with Gasteiger partial charge in [-0.2, -0.15) is 0 Å². The first-order chi connectivity index (χ1) is 9.36. The van der Waals surface area contributed by atoms with Gasteiger partial charge >= 0.3 is 5.97 Å². The van der Waals surface area contributed by atoms with Gasteiger partial charge in [0, 0.05) is 17.9 Å². The lowest BCUT2D eigenvalue weighted by Gasteiger charge is -2.34. The van der Waals surface area contributed by atoms with Crippen molar-refractivity contribution < 1.29 is 24.5 Å². The van der Waals surface area contributed by atoms with Crippen molar-refractivity contribution >= 4 is 5.97 Å². The van der Waals surface area contributed by atoms with E-state index >= 15 is 0 Å². The van der Waals surface area contributed by atoms with Crippen LogP contribution >= 0.6 is 0 Å². The Morgan fingerprint density at radius 3 is 2.80 bits per heavy atom. The molecule has 0 aromatic rings. The molecule has 110 valence electrons. The molecule has 0 aromatic carbocycles. The number of carbonyl (C=O) groups is 1. The van der Waals surface area contributed by atoms with Gasteiger partial charge in [0.25, 0.3) is 0 Å². The first-order valence-electron chi connectivity index (χ1n) is 7.30. The second-order valence-corrected chi connectivity index (χ2v) is 7.07.